The first-order chi connectivity index (χ1) is 21.1. The third-order valence-corrected chi connectivity index (χ3v) is 7.14. The number of hydrogen-bond donors (Lipinski definition) is 0. The van der Waals surface area contributed by atoms with Crippen LogP contribution in [0.4, 0.5) is 15.4 Å². The van der Waals surface area contributed by atoms with Gasteiger partial charge in [0.05, 0.1) is 19.0 Å². The number of nitrogens with zero attached hydrogens (tertiary/aromatic N) is 5. The van der Waals surface area contributed by atoms with E-state index < -0.39 is 37.1 Å². The van der Waals surface area contributed by atoms with Crippen LogP contribution in [0.25, 0.3) is 11.2 Å². The summed E-state index contributed by atoms with van der Waals surface area (Å²) in [5.41, 5.74) is -1.32. The smallest absolute Gasteiger partial charge is 0.443 e. The number of fused-ring (bicyclic) bond motifs is 1. The molecule has 0 unspecified atom stereocenters. The summed E-state index contributed by atoms with van der Waals surface area (Å²) < 4.78 is 44.0. The molecular weight excluding hydrogens is 601 g/mol. The number of para-hydroxylation sites is 2. The summed E-state index contributed by atoms with van der Waals surface area (Å²) in [5.74, 6) is 0.641. The molecule has 14 heteroatoms. The summed E-state index contributed by atoms with van der Waals surface area (Å²) in [7, 11) is -3.82. The van der Waals surface area contributed by atoms with E-state index in [9.17, 15) is 14.2 Å². The number of carbonyl (C=O) groups is 2. The van der Waals surface area contributed by atoms with E-state index in [0.29, 0.717) is 22.0 Å². The van der Waals surface area contributed by atoms with Crippen LogP contribution in [0.15, 0.2) is 73.3 Å². The van der Waals surface area contributed by atoms with Crippen molar-refractivity contribution in [1.29, 1.82) is 0 Å². The van der Waals surface area contributed by atoms with Gasteiger partial charge >= 0.3 is 19.8 Å². The molecule has 4 rings (SSSR count). The van der Waals surface area contributed by atoms with Crippen LogP contribution < -0.4 is 13.9 Å². The molecule has 2 aromatic heterocycles. The van der Waals surface area contributed by atoms with Gasteiger partial charge in [-0.15, -0.1) is 0 Å². The monoisotopic (exact) mass is 639 g/mol. The minimum Gasteiger partial charge on any atom is -0.443 e. The van der Waals surface area contributed by atoms with Gasteiger partial charge in [-0.1, -0.05) is 36.4 Å². The molecule has 0 aliphatic carbocycles. The zero-order valence-electron chi connectivity index (χ0n) is 26.4. The summed E-state index contributed by atoms with van der Waals surface area (Å²) in [6, 6.07) is 17.4. The minimum absolute atomic E-state index is 0.104. The minimum atomic E-state index is -3.82. The van der Waals surface area contributed by atoms with Crippen molar-refractivity contribution in [3.05, 3.63) is 73.3 Å². The fraction of sp³-hybridized carbons (Fsp3) is 0.387. The second kappa shape index (κ2) is 13.7. The summed E-state index contributed by atoms with van der Waals surface area (Å²) in [6.07, 6.45) is -0.146. The van der Waals surface area contributed by atoms with Crippen LogP contribution in [-0.2, 0) is 25.3 Å². The summed E-state index contributed by atoms with van der Waals surface area (Å²) in [4.78, 5) is 40.0. The topological polar surface area (TPSA) is 144 Å². The normalized spacial score (nSPS) is 12.8. The van der Waals surface area contributed by atoms with Crippen LogP contribution in [0, 0.1) is 0 Å². The zero-order chi connectivity index (χ0) is 32.8. The molecule has 0 saturated heterocycles. The van der Waals surface area contributed by atoms with Crippen molar-refractivity contribution in [3.8, 4) is 11.5 Å². The van der Waals surface area contributed by atoms with Gasteiger partial charge < -0.3 is 27.8 Å². The van der Waals surface area contributed by atoms with E-state index in [2.05, 4.69) is 15.0 Å². The van der Waals surface area contributed by atoms with E-state index in [-0.39, 0.29) is 24.2 Å². The second-order valence-corrected chi connectivity index (χ2v) is 13.9. The third-order valence-electron chi connectivity index (χ3n) is 5.69. The van der Waals surface area contributed by atoms with E-state index >= 15 is 0 Å². The quantitative estimate of drug-likeness (QED) is 0.162. The van der Waals surface area contributed by atoms with Crippen molar-refractivity contribution in [1.82, 2.24) is 19.5 Å². The summed E-state index contributed by atoms with van der Waals surface area (Å²) in [5, 5.41) is 0. The largest absolute Gasteiger partial charge is 0.456 e. The van der Waals surface area contributed by atoms with Crippen molar-refractivity contribution in [3.63, 3.8) is 0 Å². The number of benzene rings is 2. The average Bonchev–Trinajstić information content (AvgIpc) is 3.34. The molecule has 0 spiro atoms. The van der Waals surface area contributed by atoms with Crippen LogP contribution in [0.5, 0.6) is 11.5 Å². The first-order valence-electron chi connectivity index (χ1n) is 14.2. The van der Waals surface area contributed by atoms with Crippen molar-refractivity contribution < 1.29 is 37.4 Å². The van der Waals surface area contributed by atoms with Gasteiger partial charge in [-0.2, -0.15) is 4.90 Å². The van der Waals surface area contributed by atoms with Crippen LogP contribution in [-0.4, -0.2) is 55.4 Å². The van der Waals surface area contributed by atoms with Crippen molar-refractivity contribution in [2.45, 2.75) is 72.3 Å². The number of imidazole rings is 1. The predicted octanol–water partition coefficient (Wildman–Crippen LogP) is 7.22. The van der Waals surface area contributed by atoms with Crippen LogP contribution >= 0.6 is 7.60 Å². The fourth-order valence-electron chi connectivity index (χ4n) is 3.93. The SMILES string of the molecule is C[C@H](Cn1cnc2c(N(C(=O)OC(C)(C)C)C(=O)OC(C)(C)C)ncnc21)OCP(=O)(Oc1ccccc1)Oc1ccccc1. The Hall–Kier alpha value is -4.48. The van der Waals surface area contributed by atoms with Gasteiger partial charge in [0.2, 0.25) is 0 Å². The van der Waals surface area contributed by atoms with Crippen molar-refractivity contribution in [2.24, 2.45) is 0 Å². The molecule has 240 valence electrons. The molecule has 13 nitrogen and oxygen atoms in total. The lowest BCUT2D eigenvalue weighted by Gasteiger charge is -2.28. The lowest BCUT2D eigenvalue weighted by atomic mass is 10.2. The maximum absolute atomic E-state index is 13.8. The summed E-state index contributed by atoms with van der Waals surface area (Å²) in [6.45, 7) is 12.1. The van der Waals surface area contributed by atoms with Gasteiger partial charge in [-0.25, -0.2) is 29.1 Å². The molecular formula is C31H38N5O8P. The molecule has 0 aliphatic heterocycles. The Morgan fingerprint density at radius 1 is 0.822 bits per heavy atom. The Kier molecular flexibility index (Phi) is 10.1. The molecule has 45 heavy (non-hydrogen) atoms. The number of anilines is 1. The van der Waals surface area contributed by atoms with E-state index in [4.69, 9.17) is 23.3 Å². The van der Waals surface area contributed by atoms with E-state index in [1.165, 1.54) is 12.7 Å². The number of rotatable bonds is 10. The molecule has 0 N–H and O–H groups in total. The Morgan fingerprint density at radius 2 is 1.33 bits per heavy atom. The first-order valence-corrected chi connectivity index (χ1v) is 16.0. The number of carbonyl (C=O) groups excluding carboxylic acids is 2. The maximum Gasteiger partial charge on any atom is 0.456 e. The molecule has 0 fully saturated rings. The van der Waals surface area contributed by atoms with Crippen LogP contribution in [0.1, 0.15) is 48.5 Å². The van der Waals surface area contributed by atoms with E-state index in [1.807, 2.05) is 12.1 Å². The Balaban J connectivity index is 1.55. The molecule has 0 saturated carbocycles. The zero-order valence-corrected chi connectivity index (χ0v) is 27.3. The fourth-order valence-corrected chi connectivity index (χ4v) is 5.40. The standard InChI is InChI=1S/C31H38N5O8P/c1-22(40-21-45(39,43-23-14-10-8-11-15-23)44-24-16-12-9-13-17-24)18-35-20-34-25-26(35)32-19-33-27(25)36(28(37)41-30(2,3)4)29(38)42-31(5,6)7/h8-17,19-20,22H,18,21H2,1-7H3/t22-/m1/s1. The molecule has 0 radical (unpaired) electrons. The Labute approximate surface area is 262 Å². The van der Waals surface area contributed by atoms with Gasteiger partial charge in [0.15, 0.2) is 23.3 Å². The van der Waals surface area contributed by atoms with E-state index in [1.54, 1.807) is 102 Å². The number of imide groups is 1. The highest BCUT2D eigenvalue weighted by molar-refractivity contribution is 7.54. The maximum atomic E-state index is 13.8. The summed E-state index contributed by atoms with van der Waals surface area (Å²) >= 11 is 0. The lowest BCUT2D eigenvalue weighted by Crippen LogP contribution is -2.44. The highest BCUT2D eigenvalue weighted by Crippen LogP contribution is 2.48. The lowest BCUT2D eigenvalue weighted by molar-refractivity contribution is 0.0429. The van der Waals surface area contributed by atoms with Crippen molar-refractivity contribution >= 4 is 36.8 Å². The van der Waals surface area contributed by atoms with Gasteiger partial charge in [-0.3, -0.25) is 0 Å². The molecule has 4 aromatic rings. The highest BCUT2D eigenvalue weighted by atomic mass is 31.2. The number of ether oxygens (including phenoxy) is 3. The molecule has 2 aromatic carbocycles. The predicted molar refractivity (Wildman–Crippen MR) is 167 cm³/mol. The number of hydrogen-bond acceptors (Lipinski definition) is 11. The van der Waals surface area contributed by atoms with Gasteiger partial charge in [0.1, 0.15) is 29.0 Å². The van der Waals surface area contributed by atoms with Gasteiger partial charge in [0.25, 0.3) is 0 Å². The van der Waals surface area contributed by atoms with Crippen LogP contribution in [0.3, 0.4) is 0 Å². The van der Waals surface area contributed by atoms with E-state index in [0.717, 1.165) is 0 Å². The van der Waals surface area contributed by atoms with Crippen molar-refractivity contribution in [2.75, 3.05) is 11.2 Å². The second-order valence-electron chi connectivity index (χ2n) is 12.1. The number of aromatic nitrogens is 4. The average molecular weight is 640 g/mol. The molecule has 2 heterocycles. The highest BCUT2D eigenvalue weighted by Gasteiger charge is 2.36. The molecule has 0 aliphatic rings. The number of amides is 2. The Morgan fingerprint density at radius 3 is 1.82 bits per heavy atom. The Bertz CT molecular complexity index is 1580. The third kappa shape index (κ3) is 9.50. The molecule has 2 amide bonds. The van der Waals surface area contributed by atoms with Gasteiger partial charge in [-0.05, 0) is 72.7 Å². The van der Waals surface area contributed by atoms with Gasteiger partial charge in [0, 0.05) is 0 Å². The molecule has 0 bridgehead atoms. The molecule has 1 atom stereocenters. The van der Waals surface area contributed by atoms with Crippen LogP contribution in [0.2, 0.25) is 0 Å². The first kappa shape index (κ1) is 33.4.